The van der Waals surface area contributed by atoms with Gasteiger partial charge in [0.15, 0.2) is 0 Å². The first-order chi connectivity index (χ1) is 15.3. The molecule has 0 saturated carbocycles. The molecule has 1 aromatic carbocycles. The molecule has 2 aromatic rings. The highest BCUT2D eigenvalue weighted by Crippen LogP contribution is 2.32. The summed E-state index contributed by atoms with van der Waals surface area (Å²) in [6.07, 6.45) is 3.46. The predicted octanol–water partition coefficient (Wildman–Crippen LogP) is 2.75. The molecule has 1 N–H and O–H groups in total. The van der Waals surface area contributed by atoms with Crippen LogP contribution in [0.4, 0.5) is 5.69 Å². The van der Waals surface area contributed by atoms with E-state index in [1.165, 1.54) is 4.90 Å². The quantitative estimate of drug-likeness (QED) is 0.716. The van der Waals surface area contributed by atoms with E-state index in [0.29, 0.717) is 24.4 Å². The molecule has 2 amide bonds. The highest BCUT2D eigenvalue weighted by molar-refractivity contribution is 7.89. The van der Waals surface area contributed by atoms with Gasteiger partial charge in [0.1, 0.15) is 18.1 Å². The third kappa shape index (κ3) is 4.59. The van der Waals surface area contributed by atoms with Crippen LogP contribution in [0.2, 0.25) is 0 Å². The fraction of sp³-hybridized carbons (Fsp3) is 0.478. The molecule has 1 aromatic heterocycles. The maximum absolute atomic E-state index is 13.2. The minimum Gasteiger partial charge on any atom is -0.465 e. The Morgan fingerprint density at radius 3 is 2.72 bits per heavy atom. The van der Waals surface area contributed by atoms with Crippen molar-refractivity contribution in [3.8, 4) is 0 Å². The van der Waals surface area contributed by atoms with Gasteiger partial charge in [-0.25, -0.2) is 8.42 Å². The van der Waals surface area contributed by atoms with Crippen molar-refractivity contribution >= 4 is 27.5 Å². The number of amides is 2. The molecule has 4 rings (SSSR count). The van der Waals surface area contributed by atoms with Crippen molar-refractivity contribution in [2.75, 3.05) is 18.0 Å². The number of hydrogen-bond donors (Lipinski definition) is 1. The number of sulfonamides is 1. The molecule has 0 radical (unpaired) electrons. The summed E-state index contributed by atoms with van der Waals surface area (Å²) in [6.45, 7) is 4.42. The highest BCUT2D eigenvalue weighted by atomic mass is 32.2. The fourth-order valence-corrected chi connectivity index (χ4v) is 6.15. The summed E-state index contributed by atoms with van der Waals surface area (Å²) in [5, 5.41) is 2.77. The van der Waals surface area contributed by atoms with Gasteiger partial charge >= 0.3 is 0 Å². The molecule has 3 heterocycles. The second-order valence-electron chi connectivity index (χ2n) is 8.52. The Hall–Kier alpha value is -2.65. The summed E-state index contributed by atoms with van der Waals surface area (Å²) < 4.78 is 33.4. The van der Waals surface area contributed by atoms with Crippen molar-refractivity contribution in [1.82, 2.24) is 9.62 Å². The summed E-state index contributed by atoms with van der Waals surface area (Å²) in [5.74, 6) is 0.947. The summed E-state index contributed by atoms with van der Waals surface area (Å²) in [5.41, 5.74) is 1.36. The minimum atomic E-state index is -3.60. The molecule has 2 aliphatic heterocycles. The van der Waals surface area contributed by atoms with Gasteiger partial charge < -0.3 is 14.6 Å². The average molecular weight is 460 g/mol. The zero-order valence-electron chi connectivity index (χ0n) is 18.5. The Kier molecular flexibility index (Phi) is 6.39. The van der Waals surface area contributed by atoms with Gasteiger partial charge in [-0.3, -0.25) is 9.59 Å². The van der Waals surface area contributed by atoms with Crippen LogP contribution in [0.5, 0.6) is 0 Å². The number of carbonyl (C=O) groups is 2. The van der Waals surface area contributed by atoms with Gasteiger partial charge in [0.2, 0.25) is 21.8 Å². The van der Waals surface area contributed by atoms with E-state index in [-0.39, 0.29) is 42.3 Å². The van der Waals surface area contributed by atoms with Crippen LogP contribution in [0.15, 0.2) is 39.6 Å². The second kappa shape index (κ2) is 9.07. The third-order valence-corrected chi connectivity index (χ3v) is 8.17. The van der Waals surface area contributed by atoms with E-state index in [4.69, 9.17) is 4.42 Å². The smallest absolute Gasteiger partial charge is 0.243 e. The van der Waals surface area contributed by atoms with Crippen molar-refractivity contribution in [3.05, 3.63) is 47.4 Å². The van der Waals surface area contributed by atoms with Gasteiger partial charge in [-0.05, 0) is 69.0 Å². The Morgan fingerprint density at radius 1 is 1.19 bits per heavy atom. The summed E-state index contributed by atoms with van der Waals surface area (Å²) in [6, 6.07) is 8.45. The molecule has 1 atom stereocenters. The number of fused-ring (bicyclic) bond motifs is 1. The van der Waals surface area contributed by atoms with Crippen molar-refractivity contribution < 1.29 is 22.4 Å². The first-order valence-corrected chi connectivity index (χ1v) is 12.5. The van der Waals surface area contributed by atoms with E-state index >= 15 is 0 Å². The van der Waals surface area contributed by atoms with Gasteiger partial charge in [0.25, 0.3) is 0 Å². The van der Waals surface area contributed by atoms with E-state index in [1.54, 1.807) is 28.6 Å². The zero-order chi connectivity index (χ0) is 22.9. The molecule has 8 nitrogen and oxygen atoms in total. The van der Waals surface area contributed by atoms with Gasteiger partial charge in [-0.15, -0.1) is 0 Å². The molecule has 0 aliphatic carbocycles. The van der Waals surface area contributed by atoms with Crippen LogP contribution in [0.3, 0.4) is 0 Å². The van der Waals surface area contributed by atoms with Crippen LogP contribution >= 0.6 is 0 Å². The Labute approximate surface area is 188 Å². The lowest BCUT2D eigenvalue weighted by atomic mass is 10.0. The second-order valence-corrected chi connectivity index (χ2v) is 10.4. The Balaban J connectivity index is 1.50. The molecule has 172 valence electrons. The number of aryl methyl sites for hydroxylation is 2. The van der Waals surface area contributed by atoms with Crippen LogP contribution in [-0.4, -0.2) is 43.7 Å². The number of nitrogens with zero attached hydrogens (tertiary/aromatic N) is 2. The van der Waals surface area contributed by atoms with E-state index in [0.717, 1.165) is 30.6 Å². The van der Waals surface area contributed by atoms with Crippen LogP contribution < -0.4 is 10.2 Å². The average Bonchev–Trinajstić information content (AvgIpc) is 3.19. The highest BCUT2D eigenvalue weighted by Gasteiger charge is 2.33. The lowest BCUT2D eigenvalue weighted by molar-refractivity contribution is -0.124. The fourth-order valence-electron chi connectivity index (χ4n) is 4.40. The number of piperidine rings is 1. The van der Waals surface area contributed by atoms with Gasteiger partial charge in [-0.2, -0.15) is 4.31 Å². The van der Waals surface area contributed by atoms with Crippen LogP contribution in [0, 0.1) is 6.92 Å². The molecule has 32 heavy (non-hydrogen) atoms. The number of nitrogens with one attached hydrogen (secondary N) is 1. The molecule has 1 saturated heterocycles. The molecule has 0 bridgehead atoms. The number of carbonyl (C=O) groups excluding carboxylic acids is 2. The maximum Gasteiger partial charge on any atom is 0.243 e. The minimum absolute atomic E-state index is 0.0236. The van der Waals surface area contributed by atoms with Gasteiger partial charge in [0.05, 0.1) is 11.4 Å². The molecule has 0 spiro atoms. The molecular formula is C23H29N3O5S. The SMILES string of the molecule is Cc1ccc(CNC(=O)CN2C(=O)CCc3cc(S(=O)(=O)N4CCCC[C@H]4C)ccc32)o1. The number of furan rings is 1. The van der Waals surface area contributed by atoms with E-state index in [1.807, 2.05) is 19.9 Å². The van der Waals surface area contributed by atoms with Crippen molar-refractivity contribution in [3.63, 3.8) is 0 Å². The maximum atomic E-state index is 13.2. The molecule has 1 fully saturated rings. The van der Waals surface area contributed by atoms with Crippen molar-refractivity contribution in [1.29, 1.82) is 0 Å². The van der Waals surface area contributed by atoms with Crippen molar-refractivity contribution in [2.45, 2.75) is 63.4 Å². The largest absolute Gasteiger partial charge is 0.465 e. The summed E-state index contributed by atoms with van der Waals surface area (Å²) in [4.78, 5) is 26.7. The number of benzene rings is 1. The normalized spacial score (nSPS) is 19.6. The standard InChI is InChI=1S/C23H29N3O5S/c1-16-5-3-4-12-26(16)32(29,30)20-9-10-21-18(13-20)7-11-23(28)25(21)15-22(27)24-14-19-8-6-17(2)31-19/h6,8-10,13,16H,3-5,7,11-12,14-15H2,1-2H3,(H,24,27)/t16-/m1/s1. The first-order valence-electron chi connectivity index (χ1n) is 11.0. The first kappa shape index (κ1) is 22.5. The van der Waals surface area contributed by atoms with Crippen LogP contribution in [0.1, 0.15) is 49.7 Å². The number of rotatable bonds is 6. The predicted molar refractivity (Wildman–Crippen MR) is 120 cm³/mol. The zero-order valence-corrected chi connectivity index (χ0v) is 19.3. The van der Waals surface area contributed by atoms with E-state index in [2.05, 4.69) is 5.32 Å². The van der Waals surface area contributed by atoms with Crippen LogP contribution in [0.25, 0.3) is 0 Å². The monoisotopic (exact) mass is 459 g/mol. The molecular weight excluding hydrogens is 430 g/mol. The number of anilines is 1. The third-order valence-electron chi connectivity index (χ3n) is 6.16. The van der Waals surface area contributed by atoms with E-state index in [9.17, 15) is 18.0 Å². The summed E-state index contributed by atoms with van der Waals surface area (Å²) in [7, 11) is -3.60. The van der Waals surface area contributed by atoms with E-state index < -0.39 is 10.0 Å². The molecule has 2 aliphatic rings. The Morgan fingerprint density at radius 2 is 2.00 bits per heavy atom. The molecule has 0 unspecified atom stereocenters. The topological polar surface area (TPSA) is 99.9 Å². The molecule has 9 heteroatoms. The van der Waals surface area contributed by atoms with Crippen LogP contribution in [-0.2, 0) is 32.6 Å². The number of hydrogen-bond acceptors (Lipinski definition) is 5. The lowest BCUT2D eigenvalue weighted by Gasteiger charge is -2.33. The van der Waals surface area contributed by atoms with Gasteiger partial charge in [-0.1, -0.05) is 6.42 Å². The van der Waals surface area contributed by atoms with Crippen molar-refractivity contribution in [2.24, 2.45) is 0 Å². The van der Waals surface area contributed by atoms with Gasteiger partial charge in [0, 0.05) is 24.7 Å². The summed E-state index contributed by atoms with van der Waals surface area (Å²) >= 11 is 0. The lowest BCUT2D eigenvalue weighted by Crippen LogP contribution is -2.43. The Bertz CT molecular complexity index is 1120.